The molecular formula is C53H55F4N9O7. The number of alkyl halides is 4. The number of ether oxygens (including phenoxy) is 5. The van der Waals surface area contributed by atoms with Gasteiger partial charge in [-0.1, -0.05) is 10.3 Å². The van der Waals surface area contributed by atoms with Crippen LogP contribution in [0.3, 0.4) is 0 Å². The van der Waals surface area contributed by atoms with Crippen LogP contribution >= 0.6 is 0 Å². The predicted molar refractivity (Wildman–Crippen MR) is 264 cm³/mol. The van der Waals surface area contributed by atoms with Crippen LogP contribution in [0.1, 0.15) is 92.2 Å². The number of hydrogen-bond acceptors (Lipinski definition) is 14. The van der Waals surface area contributed by atoms with Gasteiger partial charge in [0.15, 0.2) is 0 Å². The molecule has 1 aliphatic carbocycles. The molecule has 0 radical (unpaired) electrons. The molecule has 2 fully saturated rings. The van der Waals surface area contributed by atoms with Gasteiger partial charge in [-0.05, 0) is 110 Å². The summed E-state index contributed by atoms with van der Waals surface area (Å²) in [5.74, 6) is 4.58. The summed E-state index contributed by atoms with van der Waals surface area (Å²) in [6.45, 7) is 4.92. The van der Waals surface area contributed by atoms with E-state index >= 15 is 0 Å². The highest BCUT2D eigenvalue weighted by molar-refractivity contribution is 6.07. The summed E-state index contributed by atoms with van der Waals surface area (Å²) in [6.07, 6.45) is 10.9. The first kappa shape index (κ1) is 49.5. The zero-order valence-corrected chi connectivity index (χ0v) is 41.5. The first-order chi connectivity index (χ1) is 35.3. The molecule has 2 aliphatic rings. The van der Waals surface area contributed by atoms with E-state index in [-0.39, 0.29) is 18.6 Å². The second-order valence-corrected chi connectivity index (χ2v) is 18.6. The lowest BCUT2D eigenvalue weighted by Crippen LogP contribution is -2.27. The fraction of sp³-hybridized carbons (Fsp3) is 0.415. The van der Waals surface area contributed by atoms with Gasteiger partial charge in [0.1, 0.15) is 45.7 Å². The predicted octanol–water partition coefficient (Wildman–Crippen LogP) is 12.2. The van der Waals surface area contributed by atoms with E-state index in [1.165, 1.54) is 0 Å². The van der Waals surface area contributed by atoms with E-state index in [4.69, 9.17) is 42.9 Å². The molecule has 7 aromatic heterocycles. The first-order valence-corrected chi connectivity index (χ1v) is 24.3. The Bertz CT molecular complexity index is 3380. The maximum atomic E-state index is 12.9. The van der Waals surface area contributed by atoms with Crippen molar-refractivity contribution in [2.24, 2.45) is 0 Å². The summed E-state index contributed by atoms with van der Waals surface area (Å²) in [7, 11) is 3.25. The van der Waals surface area contributed by atoms with Gasteiger partial charge in [0.2, 0.25) is 0 Å². The van der Waals surface area contributed by atoms with E-state index in [0.717, 1.165) is 109 Å². The van der Waals surface area contributed by atoms with Crippen LogP contribution in [0, 0.1) is 27.7 Å². The second-order valence-electron chi connectivity index (χ2n) is 18.6. The van der Waals surface area contributed by atoms with Crippen molar-refractivity contribution in [3.05, 3.63) is 89.9 Å². The van der Waals surface area contributed by atoms with Crippen molar-refractivity contribution in [2.45, 2.75) is 110 Å². The summed E-state index contributed by atoms with van der Waals surface area (Å²) in [5, 5.41) is 9.90. The number of nitrogens with zero attached hydrogens (tertiary/aromatic N) is 9. The van der Waals surface area contributed by atoms with Gasteiger partial charge >= 0.3 is 13.2 Å². The molecule has 9 aromatic rings. The van der Waals surface area contributed by atoms with Crippen molar-refractivity contribution in [3.8, 4) is 45.1 Å². The van der Waals surface area contributed by atoms with Gasteiger partial charge in [0, 0.05) is 65.0 Å². The molecule has 20 heteroatoms. The van der Waals surface area contributed by atoms with Gasteiger partial charge in [-0.25, -0.2) is 9.97 Å². The van der Waals surface area contributed by atoms with Crippen LogP contribution in [0.5, 0.6) is 11.5 Å². The molecule has 0 N–H and O–H groups in total. The molecular weight excluding hydrogens is 951 g/mol. The third-order valence-corrected chi connectivity index (χ3v) is 14.0. The average Bonchev–Trinajstić information content (AvgIpc) is 4.17. The van der Waals surface area contributed by atoms with Crippen molar-refractivity contribution in [2.75, 3.05) is 34.0 Å². The molecule has 0 unspecified atom stereocenters. The molecule has 2 aromatic carbocycles. The Kier molecular flexibility index (Phi) is 14.1. The lowest BCUT2D eigenvalue weighted by atomic mass is 9.91. The monoisotopic (exact) mass is 1010 g/mol. The van der Waals surface area contributed by atoms with Crippen molar-refractivity contribution in [3.63, 3.8) is 0 Å². The summed E-state index contributed by atoms with van der Waals surface area (Å²) >= 11 is 0. The molecule has 0 spiro atoms. The maximum absolute atomic E-state index is 12.9. The molecule has 8 heterocycles. The SMILES string of the molecule is COc1cc2c(cc1-c1c(C)noc1C)ncc1nc(-c3cccnc3)n([C@@H](C)COC(F)F)c12.COc1cc2c(cc1-c1c(C)noc1C)ncc1nc(C3CCOCC3)n(C3CCC(OC(F)F)CC3)c12. The van der Waals surface area contributed by atoms with Crippen LogP contribution < -0.4 is 9.47 Å². The first-order valence-electron chi connectivity index (χ1n) is 24.3. The normalized spacial score (nSPS) is 17.1. The van der Waals surface area contributed by atoms with E-state index in [0.29, 0.717) is 60.2 Å². The number of pyridine rings is 3. The maximum Gasteiger partial charge on any atom is 0.345 e. The summed E-state index contributed by atoms with van der Waals surface area (Å²) in [4.78, 5) is 23.5. The molecule has 1 aliphatic heterocycles. The number of methoxy groups -OCH3 is 2. The number of rotatable bonds is 13. The molecule has 1 atom stereocenters. The number of halogens is 4. The van der Waals surface area contributed by atoms with Crippen molar-refractivity contribution >= 4 is 43.9 Å². The molecule has 73 heavy (non-hydrogen) atoms. The quantitative estimate of drug-likeness (QED) is 0.0998. The zero-order chi connectivity index (χ0) is 51.1. The highest BCUT2D eigenvalue weighted by atomic mass is 19.3. The molecule has 0 bridgehead atoms. The number of hydrogen-bond donors (Lipinski definition) is 0. The van der Waals surface area contributed by atoms with Crippen molar-refractivity contribution in [1.29, 1.82) is 0 Å². The van der Waals surface area contributed by atoms with Gasteiger partial charge in [-0.15, -0.1) is 0 Å². The topological polar surface area (TPSA) is 173 Å². The molecule has 1 saturated heterocycles. The minimum atomic E-state index is -2.87. The Morgan fingerprint density at radius 2 is 1.29 bits per heavy atom. The minimum absolute atomic E-state index is 0.134. The van der Waals surface area contributed by atoms with Crippen molar-refractivity contribution < 1.29 is 50.3 Å². The molecule has 16 nitrogen and oxygen atoms in total. The van der Waals surface area contributed by atoms with Crippen molar-refractivity contribution in [1.82, 2.24) is 44.4 Å². The van der Waals surface area contributed by atoms with E-state index in [9.17, 15) is 17.6 Å². The van der Waals surface area contributed by atoms with Crippen LogP contribution in [0.25, 0.3) is 77.5 Å². The van der Waals surface area contributed by atoms with Crippen LogP contribution in [-0.2, 0) is 14.2 Å². The van der Waals surface area contributed by atoms with E-state index in [1.807, 2.05) is 75.7 Å². The molecule has 11 rings (SSSR count). The van der Waals surface area contributed by atoms with Crippen LogP contribution in [0.2, 0.25) is 0 Å². The average molecular weight is 1010 g/mol. The lowest BCUT2D eigenvalue weighted by Gasteiger charge is -2.32. The summed E-state index contributed by atoms with van der Waals surface area (Å²) in [5.41, 5.74) is 10.4. The van der Waals surface area contributed by atoms with Gasteiger partial charge in [-0.3, -0.25) is 15.0 Å². The van der Waals surface area contributed by atoms with E-state index in [2.05, 4.69) is 29.6 Å². The molecule has 1 saturated carbocycles. The highest BCUT2D eigenvalue weighted by Gasteiger charge is 2.32. The zero-order valence-electron chi connectivity index (χ0n) is 41.5. The fourth-order valence-electron chi connectivity index (χ4n) is 10.7. The molecule has 0 amide bonds. The Morgan fingerprint density at radius 3 is 1.81 bits per heavy atom. The standard InChI is InChI=1S/C28H32F2N4O4.C25H23F2N5O3/c1-15-25(16(2)38-33-15)21-12-22-20(13-24(21)35-3)26-23(14-31-22)32-27(17-8-10-36-11-9-17)34(26)18-4-6-19(7-5-18)37-28(29)30;1-13(12-34-25(26)27)32-23-17-9-21(33-4)18(22-14(2)31-35-15(22)3)8-19(17)29-11-20(23)30-24(32)16-6-5-7-28-10-16/h12-14,17-19,28H,4-11H2,1-3H3;5-11,13,25H,12H2,1-4H3/t;13-/m.0/s1. The molecule has 382 valence electrons. The van der Waals surface area contributed by atoms with E-state index in [1.54, 1.807) is 38.9 Å². The van der Waals surface area contributed by atoms with Gasteiger partial charge in [0.25, 0.3) is 0 Å². The third kappa shape index (κ3) is 9.58. The Hall–Kier alpha value is -7.03. The third-order valence-electron chi connectivity index (χ3n) is 14.0. The lowest BCUT2D eigenvalue weighted by molar-refractivity contribution is -0.171. The summed E-state index contributed by atoms with van der Waals surface area (Å²) in [6, 6.07) is 11.2. The van der Waals surface area contributed by atoms with Crippen LogP contribution in [0.4, 0.5) is 17.6 Å². The van der Waals surface area contributed by atoms with Gasteiger partial charge < -0.3 is 41.9 Å². The fourth-order valence-corrected chi connectivity index (χ4v) is 10.7. The number of benzene rings is 2. The highest BCUT2D eigenvalue weighted by Crippen LogP contribution is 2.44. The number of fused-ring (bicyclic) bond motifs is 6. The smallest absolute Gasteiger partial charge is 0.345 e. The van der Waals surface area contributed by atoms with E-state index < -0.39 is 25.4 Å². The van der Waals surface area contributed by atoms with Gasteiger partial charge in [0.05, 0.1) is 89.9 Å². The number of aryl methyl sites for hydroxylation is 4. The van der Waals surface area contributed by atoms with Crippen LogP contribution in [0.15, 0.2) is 70.2 Å². The Morgan fingerprint density at radius 1 is 0.699 bits per heavy atom. The second kappa shape index (κ2) is 20.8. The number of imidazole rings is 2. The summed E-state index contributed by atoms with van der Waals surface area (Å²) < 4.78 is 93.3. The minimum Gasteiger partial charge on any atom is -0.496 e. The Labute approximate surface area is 417 Å². The van der Waals surface area contributed by atoms with Crippen LogP contribution in [-0.4, -0.2) is 97.7 Å². The van der Waals surface area contributed by atoms with Gasteiger partial charge in [-0.2, -0.15) is 17.6 Å². The Balaban J connectivity index is 0.000000168. The number of aromatic nitrogens is 9. The largest absolute Gasteiger partial charge is 0.496 e.